The molecule has 6 nitrogen and oxygen atoms in total. The number of nitrogens with one attached hydrogen (secondary N) is 1. The van der Waals surface area contributed by atoms with Crippen molar-refractivity contribution >= 4 is 15.7 Å². The molecule has 2 aromatic carbocycles. The number of nitrogens with zero attached hydrogens (tertiary/aromatic N) is 1. The number of benzene rings is 2. The first kappa shape index (κ1) is 18.5. The number of rotatable bonds is 7. The summed E-state index contributed by atoms with van der Waals surface area (Å²) in [5.41, 5.74) is 1.13. The van der Waals surface area contributed by atoms with Crippen LogP contribution in [0.3, 0.4) is 0 Å². The molecule has 1 aliphatic rings. The van der Waals surface area contributed by atoms with E-state index in [0.29, 0.717) is 12.3 Å². The van der Waals surface area contributed by atoms with Crippen molar-refractivity contribution in [2.45, 2.75) is 11.3 Å². The van der Waals surface area contributed by atoms with E-state index in [2.05, 4.69) is 9.62 Å². The summed E-state index contributed by atoms with van der Waals surface area (Å²) in [7, 11) is -0.304. The SMILES string of the molecule is COc1ccc(N2CCC(CNS(=O)(=O)c3ccc(OC)cc3)C2)cc1. The Morgan fingerprint density at radius 3 is 2.15 bits per heavy atom. The van der Waals surface area contributed by atoms with E-state index >= 15 is 0 Å². The van der Waals surface area contributed by atoms with E-state index in [1.165, 1.54) is 0 Å². The standard InChI is InChI=1S/C19H24N2O4S/c1-24-17-5-3-16(4-6-17)21-12-11-15(14-21)13-20-26(22,23)19-9-7-18(25-2)8-10-19/h3-10,15,20H,11-14H2,1-2H3. The van der Waals surface area contributed by atoms with Crippen molar-refractivity contribution < 1.29 is 17.9 Å². The van der Waals surface area contributed by atoms with Gasteiger partial charge in [0.1, 0.15) is 11.5 Å². The Balaban J connectivity index is 1.56. The molecule has 1 saturated heterocycles. The average molecular weight is 376 g/mol. The molecule has 140 valence electrons. The van der Waals surface area contributed by atoms with Gasteiger partial charge in [0.15, 0.2) is 0 Å². The lowest BCUT2D eigenvalue weighted by molar-refractivity contribution is 0.414. The second-order valence-corrected chi connectivity index (χ2v) is 8.09. The van der Waals surface area contributed by atoms with Crippen LogP contribution in [0.5, 0.6) is 11.5 Å². The molecule has 7 heteroatoms. The Labute approximate surface area is 154 Å². The molecule has 1 heterocycles. The molecular weight excluding hydrogens is 352 g/mol. The predicted octanol–water partition coefficient (Wildman–Crippen LogP) is 2.51. The molecule has 0 amide bonds. The number of anilines is 1. The highest BCUT2D eigenvalue weighted by Gasteiger charge is 2.24. The quantitative estimate of drug-likeness (QED) is 0.804. The van der Waals surface area contributed by atoms with E-state index in [1.54, 1.807) is 38.5 Å². The van der Waals surface area contributed by atoms with Gasteiger partial charge in [-0.2, -0.15) is 0 Å². The number of hydrogen-bond donors (Lipinski definition) is 1. The largest absolute Gasteiger partial charge is 0.497 e. The summed E-state index contributed by atoms with van der Waals surface area (Å²) < 4.78 is 37.8. The maximum Gasteiger partial charge on any atom is 0.240 e. The molecule has 1 fully saturated rings. The van der Waals surface area contributed by atoms with Gasteiger partial charge < -0.3 is 14.4 Å². The van der Waals surface area contributed by atoms with Crippen molar-refractivity contribution in [1.82, 2.24) is 4.72 Å². The van der Waals surface area contributed by atoms with Crippen LogP contribution in [-0.2, 0) is 10.0 Å². The fourth-order valence-electron chi connectivity index (χ4n) is 3.09. The third-order valence-electron chi connectivity index (χ3n) is 4.66. The molecule has 2 aromatic rings. The molecular formula is C19H24N2O4S. The van der Waals surface area contributed by atoms with Crippen LogP contribution in [0.4, 0.5) is 5.69 Å². The highest BCUT2D eigenvalue weighted by molar-refractivity contribution is 7.89. The zero-order chi connectivity index (χ0) is 18.6. The Hall–Kier alpha value is -2.25. The number of ether oxygens (including phenoxy) is 2. The molecule has 0 spiro atoms. The molecule has 3 rings (SSSR count). The van der Waals surface area contributed by atoms with Gasteiger partial charge in [-0.1, -0.05) is 0 Å². The molecule has 1 unspecified atom stereocenters. The minimum Gasteiger partial charge on any atom is -0.497 e. The van der Waals surface area contributed by atoms with Crippen molar-refractivity contribution in [2.75, 3.05) is 38.8 Å². The summed E-state index contributed by atoms with van der Waals surface area (Å²) in [6.07, 6.45) is 0.956. The first-order valence-electron chi connectivity index (χ1n) is 8.54. The molecule has 0 aromatic heterocycles. The maximum atomic E-state index is 12.4. The fourth-order valence-corrected chi connectivity index (χ4v) is 4.21. The lowest BCUT2D eigenvalue weighted by Crippen LogP contribution is -2.31. The third-order valence-corrected chi connectivity index (χ3v) is 6.09. The van der Waals surface area contributed by atoms with Gasteiger partial charge in [0.2, 0.25) is 10.0 Å². The second-order valence-electron chi connectivity index (χ2n) is 6.33. The van der Waals surface area contributed by atoms with Crippen molar-refractivity contribution in [2.24, 2.45) is 5.92 Å². The van der Waals surface area contributed by atoms with Gasteiger partial charge in [-0.15, -0.1) is 0 Å². The number of hydrogen-bond acceptors (Lipinski definition) is 5. The summed E-state index contributed by atoms with van der Waals surface area (Å²) >= 11 is 0. The Morgan fingerprint density at radius 2 is 1.58 bits per heavy atom. The van der Waals surface area contributed by atoms with Crippen molar-refractivity contribution in [3.05, 3.63) is 48.5 Å². The van der Waals surface area contributed by atoms with E-state index in [9.17, 15) is 8.42 Å². The second kappa shape index (κ2) is 7.97. The van der Waals surface area contributed by atoms with Crippen LogP contribution in [0.2, 0.25) is 0 Å². The van der Waals surface area contributed by atoms with E-state index in [1.807, 2.05) is 24.3 Å². The van der Waals surface area contributed by atoms with Gasteiger partial charge in [-0.3, -0.25) is 0 Å². The first-order valence-corrected chi connectivity index (χ1v) is 10.0. The Morgan fingerprint density at radius 1 is 1.00 bits per heavy atom. The summed E-state index contributed by atoms with van der Waals surface area (Å²) in [6.45, 7) is 2.18. The van der Waals surface area contributed by atoms with Crippen LogP contribution in [-0.4, -0.2) is 42.3 Å². The summed E-state index contributed by atoms with van der Waals surface area (Å²) in [5.74, 6) is 1.75. The Kier molecular flexibility index (Phi) is 5.68. The molecule has 0 aliphatic carbocycles. The first-order chi connectivity index (χ1) is 12.5. The lowest BCUT2D eigenvalue weighted by Gasteiger charge is -2.19. The third kappa shape index (κ3) is 4.28. The molecule has 0 saturated carbocycles. The van der Waals surface area contributed by atoms with E-state index in [0.717, 1.165) is 30.9 Å². The summed E-state index contributed by atoms with van der Waals surface area (Å²) in [6, 6.07) is 14.3. The van der Waals surface area contributed by atoms with Gasteiger partial charge >= 0.3 is 0 Å². The smallest absolute Gasteiger partial charge is 0.240 e. The van der Waals surface area contributed by atoms with E-state index in [4.69, 9.17) is 9.47 Å². The Bertz CT molecular complexity index is 820. The van der Waals surface area contributed by atoms with Crippen LogP contribution >= 0.6 is 0 Å². The molecule has 1 N–H and O–H groups in total. The van der Waals surface area contributed by atoms with Gasteiger partial charge in [0, 0.05) is 25.3 Å². The minimum atomic E-state index is -3.50. The maximum absolute atomic E-state index is 12.4. The number of methoxy groups -OCH3 is 2. The van der Waals surface area contributed by atoms with E-state index in [-0.39, 0.29) is 10.8 Å². The van der Waals surface area contributed by atoms with Crippen LogP contribution in [0.1, 0.15) is 6.42 Å². The van der Waals surface area contributed by atoms with Crippen LogP contribution in [0.25, 0.3) is 0 Å². The molecule has 26 heavy (non-hydrogen) atoms. The summed E-state index contributed by atoms with van der Waals surface area (Å²) in [5, 5.41) is 0. The number of sulfonamides is 1. The average Bonchev–Trinajstić information content (AvgIpc) is 3.16. The molecule has 0 bridgehead atoms. The fraction of sp³-hybridized carbons (Fsp3) is 0.368. The highest BCUT2D eigenvalue weighted by atomic mass is 32.2. The van der Waals surface area contributed by atoms with Gasteiger partial charge in [-0.05, 0) is 60.9 Å². The normalized spacial score (nSPS) is 17.3. The van der Waals surface area contributed by atoms with Crippen LogP contribution in [0, 0.1) is 5.92 Å². The van der Waals surface area contributed by atoms with Gasteiger partial charge in [0.05, 0.1) is 19.1 Å². The molecule has 1 aliphatic heterocycles. The minimum absolute atomic E-state index is 0.253. The van der Waals surface area contributed by atoms with Gasteiger partial charge in [-0.25, -0.2) is 13.1 Å². The highest BCUT2D eigenvalue weighted by Crippen LogP contribution is 2.25. The van der Waals surface area contributed by atoms with Crippen molar-refractivity contribution in [1.29, 1.82) is 0 Å². The van der Waals surface area contributed by atoms with Crippen LogP contribution < -0.4 is 19.1 Å². The predicted molar refractivity (Wildman–Crippen MR) is 101 cm³/mol. The summed E-state index contributed by atoms with van der Waals surface area (Å²) in [4.78, 5) is 2.52. The van der Waals surface area contributed by atoms with E-state index < -0.39 is 10.0 Å². The lowest BCUT2D eigenvalue weighted by atomic mass is 10.1. The van der Waals surface area contributed by atoms with Gasteiger partial charge in [0.25, 0.3) is 0 Å². The van der Waals surface area contributed by atoms with Crippen molar-refractivity contribution in [3.8, 4) is 11.5 Å². The zero-order valence-electron chi connectivity index (χ0n) is 15.0. The van der Waals surface area contributed by atoms with Crippen LogP contribution in [0.15, 0.2) is 53.4 Å². The molecule has 1 atom stereocenters. The zero-order valence-corrected chi connectivity index (χ0v) is 15.8. The topological polar surface area (TPSA) is 67.9 Å². The van der Waals surface area contributed by atoms with Crippen molar-refractivity contribution in [3.63, 3.8) is 0 Å². The molecule has 0 radical (unpaired) electrons. The monoisotopic (exact) mass is 376 g/mol.